The maximum Gasteiger partial charge on any atom is 0.415 e. The van der Waals surface area contributed by atoms with Gasteiger partial charge in [0.25, 0.3) is 0 Å². The monoisotopic (exact) mass is 283 g/mol. The van der Waals surface area contributed by atoms with Gasteiger partial charge in [-0.3, -0.25) is 0 Å². The van der Waals surface area contributed by atoms with E-state index in [0.29, 0.717) is 5.76 Å². The largest absolute Gasteiger partial charge is 0.608 e. The van der Waals surface area contributed by atoms with Crippen LogP contribution in [0.2, 0.25) is 0 Å². The van der Waals surface area contributed by atoms with Crippen molar-refractivity contribution in [1.82, 2.24) is 4.98 Å². The predicted octanol–water partition coefficient (Wildman–Crippen LogP) is 3.75. The molecule has 1 aromatic heterocycles. The van der Waals surface area contributed by atoms with Gasteiger partial charge in [-0.05, 0) is 0 Å². The second kappa shape index (κ2) is 5.53. The molecule has 2 aromatic carbocycles. The zero-order valence-corrected chi connectivity index (χ0v) is 11.8. The van der Waals surface area contributed by atoms with Crippen LogP contribution in [0, 0.1) is 0 Å². The maximum absolute atomic E-state index is 11.6. The summed E-state index contributed by atoms with van der Waals surface area (Å²) >= 11 is -1.24. The molecule has 0 aliphatic heterocycles. The molecule has 0 aliphatic rings. The van der Waals surface area contributed by atoms with Crippen molar-refractivity contribution in [2.24, 2.45) is 0 Å². The molecule has 0 saturated heterocycles. The van der Waals surface area contributed by atoms with Gasteiger partial charge in [0.05, 0.1) is 0 Å². The number of hydrogen-bond donors (Lipinski definition) is 0. The number of oxazole rings is 1. The topological polar surface area (TPSA) is 49.1 Å². The van der Waals surface area contributed by atoms with Crippen molar-refractivity contribution >= 4 is 11.2 Å². The van der Waals surface area contributed by atoms with Crippen LogP contribution in [0.1, 0.15) is 0 Å². The fourth-order valence-corrected chi connectivity index (χ4v) is 2.42. The Morgan fingerprint density at radius 3 is 2.00 bits per heavy atom. The normalized spacial score (nSPS) is 12.3. The van der Waals surface area contributed by atoms with Crippen LogP contribution in [-0.4, -0.2) is 15.8 Å². The van der Waals surface area contributed by atoms with Gasteiger partial charge in [0.2, 0.25) is 0 Å². The van der Waals surface area contributed by atoms with E-state index in [9.17, 15) is 4.55 Å². The van der Waals surface area contributed by atoms with E-state index in [1.54, 1.807) is 6.26 Å². The molecule has 0 saturated carbocycles. The summed E-state index contributed by atoms with van der Waals surface area (Å²) in [4.78, 5) is 4.39. The highest BCUT2D eigenvalue weighted by atomic mass is 32.2. The molecule has 100 valence electrons. The van der Waals surface area contributed by atoms with Crippen LogP contribution in [0.25, 0.3) is 22.6 Å². The first-order chi connectivity index (χ1) is 9.75. The van der Waals surface area contributed by atoms with E-state index in [0.717, 1.165) is 16.8 Å². The lowest BCUT2D eigenvalue weighted by atomic mass is 10.1. The van der Waals surface area contributed by atoms with Crippen LogP contribution in [0.3, 0.4) is 0 Å². The minimum absolute atomic E-state index is 0.253. The van der Waals surface area contributed by atoms with Gasteiger partial charge in [-0.15, -0.1) is 0 Å². The van der Waals surface area contributed by atoms with Crippen LogP contribution >= 0.6 is 0 Å². The summed E-state index contributed by atoms with van der Waals surface area (Å²) < 4.78 is 17.3. The molecule has 1 heterocycles. The van der Waals surface area contributed by atoms with E-state index in [4.69, 9.17) is 4.42 Å². The summed E-state index contributed by atoms with van der Waals surface area (Å²) in [6, 6.07) is 19.5. The average Bonchev–Trinajstić information content (AvgIpc) is 2.94. The van der Waals surface area contributed by atoms with Gasteiger partial charge < -0.3 is 8.97 Å². The molecule has 0 N–H and O–H groups in total. The average molecular weight is 283 g/mol. The van der Waals surface area contributed by atoms with Gasteiger partial charge >= 0.3 is 5.22 Å². The highest BCUT2D eigenvalue weighted by molar-refractivity contribution is 7.90. The van der Waals surface area contributed by atoms with Crippen LogP contribution < -0.4 is 0 Å². The van der Waals surface area contributed by atoms with E-state index < -0.39 is 11.2 Å². The molecule has 3 aromatic rings. The maximum atomic E-state index is 11.6. The Bertz CT molecular complexity index is 636. The lowest BCUT2D eigenvalue weighted by molar-refractivity contribution is 0.442. The van der Waals surface area contributed by atoms with Crippen LogP contribution in [-0.2, 0) is 11.2 Å². The number of nitrogens with zero attached hydrogens (tertiary/aromatic N) is 1. The van der Waals surface area contributed by atoms with Gasteiger partial charge in [0.15, 0.2) is 5.76 Å². The van der Waals surface area contributed by atoms with Crippen molar-refractivity contribution < 1.29 is 8.97 Å². The van der Waals surface area contributed by atoms with Gasteiger partial charge in [-0.1, -0.05) is 60.7 Å². The molecular weight excluding hydrogens is 270 g/mol. The predicted molar refractivity (Wildman–Crippen MR) is 79.7 cm³/mol. The van der Waals surface area contributed by atoms with Crippen molar-refractivity contribution in [3.63, 3.8) is 0 Å². The van der Waals surface area contributed by atoms with Gasteiger partial charge in [-0.2, -0.15) is 4.98 Å². The molecule has 0 aliphatic carbocycles. The Balaban J connectivity index is 2.18. The van der Waals surface area contributed by atoms with Crippen molar-refractivity contribution in [2.45, 2.75) is 5.22 Å². The zero-order valence-electron chi connectivity index (χ0n) is 10.9. The van der Waals surface area contributed by atoms with E-state index >= 15 is 0 Å². The second-order valence-corrected chi connectivity index (χ2v) is 5.60. The molecule has 0 spiro atoms. The second-order valence-electron chi connectivity index (χ2n) is 4.34. The first-order valence-electron chi connectivity index (χ1n) is 6.21. The molecule has 0 radical (unpaired) electrons. The third-order valence-electron chi connectivity index (χ3n) is 2.94. The number of benzene rings is 2. The minimum atomic E-state index is -1.24. The molecule has 4 heteroatoms. The van der Waals surface area contributed by atoms with Gasteiger partial charge in [0.1, 0.15) is 11.9 Å². The Morgan fingerprint density at radius 1 is 0.900 bits per heavy atom. The molecule has 20 heavy (non-hydrogen) atoms. The summed E-state index contributed by atoms with van der Waals surface area (Å²) in [5, 5.41) is 0.253. The van der Waals surface area contributed by atoms with Crippen molar-refractivity contribution in [3.05, 3.63) is 60.7 Å². The quantitative estimate of drug-likeness (QED) is 0.688. The number of aromatic nitrogens is 1. The molecular formula is C16H13NO2S. The fourth-order valence-electron chi connectivity index (χ4n) is 2.00. The molecule has 1 atom stereocenters. The summed E-state index contributed by atoms with van der Waals surface area (Å²) in [5.74, 6) is 0.655. The number of rotatable bonds is 3. The highest BCUT2D eigenvalue weighted by Gasteiger charge is 2.21. The Kier molecular flexibility index (Phi) is 3.58. The molecule has 0 amide bonds. The van der Waals surface area contributed by atoms with E-state index in [2.05, 4.69) is 4.98 Å². The summed E-state index contributed by atoms with van der Waals surface area (Å²) in [6.07, 6.45) is 1.56. The Hall–Kier alpha value is -2.04. The first-order valence-corrected chi connectivity index (χ1v) is 7.76. The first kappa shape index (κ1) is 13.0. The summed E-state index contributed by atoms with van der Waals surface area (Å²) in [7, 11) is 0. The van der Waals surface area contributed by atoms with Crippen LogP contribution in [0.15, 0.2) is 70.3 Å². The third-order valence-corrected chi connectivity index (χ3v) is 3.60. The van der Waals surface area contributed by atoms with Crippen molar-refractivity contribution in [2.75, 3.05) is 6.26 Å². The molecule has 0 fully saturated rings. The summed E-state index contributed by atoms with van der Waals surface area (Å²) in [5.41, 5.74) is 2.60. The highest BCUT2D eigenvalue weighted by Crippen LogP contribution is 2.33. The molecule has 0 bridgehead atoms. The lowest BCUT2D eigenvalue weighted by Gasteiger charge is -2.00. The molecule has 1 unspecified atom stereocenters. The third kappa shape index (κ3) is 2.48. The van der Waals surface area contributed by atoms with E-state index in [1.165, 1.54) is 0 Å². The standard InChI is InChI=1S/C16H13NO2S/c1-20(18)16-17-14(12-8-4-2-5-9-12)15(19-16)13-10-6-3-7-11-13/h2-11H,1H3. The zero-order chi connectivity index (χ0) is 13.9. The SMILES string of the molecule is C[S+]([O-])c1nc(-c2ccccc2)c(-c2ccccc2)o1. The lowest BCUT2D eigenvalue weighted by Crippen LogP contribution is -1.96. The van der Waals surface area contributed by atoms with Crippen molar-refractivity contribution in [3.8, 4) is 22.6 Å². The van der Waals surface area contributed by atoms with E-state index in [1.807, 2.05) is 60.7 Å². The number of hydrogen-bond acceptors (Lipinski definition) is 3. The van der Waals surface area contributed by atoms with E-state index in [-0.39, 0.29) is 5.22 Å². The molecule has 3 nitrogen and oxygen atoms in total. The summed E-state index contributed by atoms with van der Waals surface area (Å²) in [6.45, 7) is 0. The van der Waals surface area contributed by atoms with Gasteiger partial charge in [0, 0.05) is 22.3 Å². The molecule has 3 rings (SSSR count). The Morgan fingerprint density at radius 2 is 1.45 bits per heavy atom. The Labute approximate surface area is 120 Å². The van der Waals surface area contributed by atoms with Crippen LogP contribution in [0.4, 0.5) is 0 Å². The minimum Gasteiger partial charge on any atom is -0.608 e. The smallest absolute Gasteiger partial charge is 0.415 e. The van der Waals surface area contributed by atoms with Crippen LogP contribution in [0.5, 0.6) is 0 Å². The fraction of sp³-hybridized carbons (Fsp3) is 0.0625. The van der Waals surface area contributed by atoms with Crippen molar-refractivity contribution in [1.29, 1.82) is 0 Å². The van der Waals surface area contributed by atoms with Gasteiger partial charge in [-0.25, -0.2) is 0 Å².